The Morgan fingerprint density at radius 2 is 1.64 bits per heavy atom. The van der Waals surface area contributed by atoms with Crippen molar-refractivity contribution in [1.82, 2.24) is 0 Å². The molecule has 0 fully saturated rings. The van der Waals surface area contributed by atoms with Crippen molar-refractivity contribution in [3.05, 3.63) is 78.4 Å². The minimum atomic E-state index is -3.83. The van der Waals surface area contributed by atoms with E-state index in [0.29, 0.717) is 22.0 Å². The van der Waals surface area contributed by atoms with Gasteiger partial charge in [-0.15, -0.1) is 0 Å². The first-order chi connectivity index (χ1) is 13.5. The number of amides is 1. The van der Waals surface area contributed by atoms with Gasteiger partial charge in [0.1, 0.15) is 0 Å². The number of rotatable bonds is 3. The second-order valence-corrected chi connectivity index (χ2v) is 8.49. The molecule has 0 saturated heterocycles. The van der Waals surface area contributed by atoms with Crippen LogP contribution in [0.1, 0.15) is 10.4 Å². The average Bonchev–Trinajstić information content (AvgIpc) is 2.94. The molecule has 5 nitrogen and oxygen atoms in total. The zero-order chi connectivity index (χ0) is 19.5. The fraction of sp³-hybridized carbons (Fsp3) is 0.0455. The number of fused-ring (bicyclic) bond motifs is 1. The maximum atomic E-state index is 13.1. The summed E-state index contributed by atoms with van der Waals surface area (Å²) in [5.74, 6) is -0.127. The van der Waals surface area contributed by atoms with Gasteiger partial charge in [-0.2, -0.15) is 0 Å². The Kier molecular flexibility index (Phi) is 3.48. The number of carbonyl (C=O) groups is 1. The van der Waals surface area contributed by atoms with Gasteiger partial charge in [-0.05, 0) is 41.1 Å². The fourth-order valence-electron chi connectivity index (χ4n) is 3.81. The number of hydrogen-bond acceptors (Lipinski definition) is 3. The highest BCUT2D eigenvalue weighted by atomic mass is 32.2. The monoisotopic (exact) mass is 388 g/mol. The lowest BCUT2D eigenvalue weighted by molar-refractivity contribution is 0.0999. The van der Waals surface area contributed by atoms with Crippen molar-refractivity contribution >= 4 is 48.9 Å². The van der Waals surface area contributed by atoms with E-state index in [0.717, 1.165) is 16.5 Å². The molecular formula is C22H16N2O3S. The van der Waals surface area contributed by atoms with Crippen LogP contribution in [-0.2, 0) is 10.0 Å². The zero-order valence-electron chi connectivity index (χ0n) is 15.0. The molecule has 0 unspecified atom stereocenters. The molecule has 0 saturated carbocycles. The van der Waals surface area contributed by atoms with Gasteiger partial charge in [-0.1, -0.05) is 42.5 Å². The summed E-state index contributed by atoms with van der Waals surface area (Å²) < 4.78 is 29.0. The van der Waals surface area contributed by atoms with Crippen LogP contribution in [0.25, 0.3) is 21.5 Å². The van der Waals surface area contributed by atoms with Gasteiger partial charge >= 0.3 is 0 Å². The van der Waals surface area contributed by atoms with Crippen molar-refractivity contribution in [3.8, 4) is 0 Å². The number of hydrogen-bond donors (Lipinski definition) is 1. The third-order valence-electron chi connectivity index (χ3n) is 5.17. The molecule has 1 amide bonds. The molecule has 0 radical (unpaired) electrons. The summed E-state index contributed by atoms with van der Waals surface area (Å²) in [7, 11) is -2.14. The Bertz CT molecular complexity index is 1390. The van der Waals surface area contributed by atoms with E-state index in [2.05, 4.69) is 4.72 Å². The van der Waals surface area contributed by atoms with Crippen molar-refractivity contribution in [2.24, 2.45) is 0 Å². The number of anilines is 2. The van der Waals surface area contributed by atoms with E-state index >= 15 is 0 Å². The Labute approximate surface area is 162 Å². The highest BCUT2D eigenvalue weighted by Crippen LogP contribution is 2.39. The predicted octanol–water partition coefficient (Wildman–Crippen LogP) is 4.38. The normalized spacial score (nSPS) is 13.5. The van der Waals surface area contributed by atoms with Crippen LogP contribution >= 0.6 is 0 Å². The van der Waals surface area contributed by atoms with Crippen molar-refractivity contribution in [2.75, 3.05) is 16.7 Å². The van der Waals surface area contributed by atoms with Crippen molar-refractivity contribution < 1.29 is 13.2 Å². The average molecular weight is 388 g/mol. The quantitative estimate of drug-likeness (QED) is 0.566. The van der Waals surface area contributed by atoms with Crippen LogP contribution in [0.3, 0.4) is 0 Å². The Morgan fingerprint density at radius 3 is 2.46 bits per heavy atom. The molecule has 6 heteroatoms. The largest absolute Gasteiger partial charge is 0.311 e. The second kappa shape index (κ2) is 5.81. The number of nitrogens with one attached hydrogen (secondary N) is 1. The van der Waals surface area contributed by atoms with E-state index in [9.17, 15) is 13.2 Å². The van der Waals surface area contributed by atoms with Crippen LogP contribution < -0.4 is 9.62 Å². The Morgan fingerprint density at radius 1 is 0.857 bits per heavy atom. The molecule has 0 aromatic heterocycles. The number of carbonyl (C=O) groups excluding carboxylic acids is 1. The highest BCUT2D eigenvalue weighted by Gasteiger charge is 2.30. The van der Waals surface area contributed by atoms with E-state index in [1.165, 1.54) is 0 Å². The first-order valence-corrected chi connectivity index (χ1v) is 10.3. The van der Waals surface area contributed by atoms with E-state index in [-0.39, 0.29) is 10.8 Å². The van der Waals surface area contributed by atoms with Gasteiger partial charge in [0.25, 0.3) is 15.9 Å². The molecule has 1 N–H and O–H groups in total. The van der Waals surface area contributed by atoms with Crippen LogP contribution in [0.4, 0.5) is 11.4 Å². The predicted molar refractivity (Wildman–Crippen MR) is 111 cm³/mol. The molecule has 0 bridgehead atoms. The molecule has 0 atom stereocenters. The van der Waals surface area contributed by atoms with Crippen molar-refractivity contribution in [1.29, 1.82) is 0 Å². The molecule has 138 valence electrons. The minimum Gasteiger partial charge on any atom is -0.311 e. The third kappa shape index (κ3) is 2.38. The lowest BCUT2D eigenvalue weighted by atomic mass is 10.1. The summed E-state index contributed by atoms with van der Waals surface area (Å²) >= 11 is 0. The summed E-state index contributed by atoms with van der Waals surface area (Å²) in [6.07, 6.45) is 0. The van der Waals surface area contributed by atoms with Crippen LogP contribution in [0.5, 0.6) is 0 Å². The molecule has 1 heterocycles. The van der Waals surface area contributed by atoms with E-state index in [1.807, 2.05) is 36.4 Å². The Balaban J connectivity index is 1.64. The smallest absolute Gasteiger partial charge is 0.262 e. The van der Waals surface area contributed by atoms with E-state index < -0.39 is 10.0 Å². The molecular weight excluding hydrogens is 372 g/mol. The van der Waals surface area contributed by atoms with Gasteiger partial charge in [-0.3, -0.25) is 9.52 Å². The Hall–Kier alpha value is -3.38. The molecule has 1 aliphatic rings. The van der Waals surface area contributed by atoms with Crippen molar-refractivity contribution in [3.63, 3.8) is 0 Å². The summed E-state index contributed by atoms with van der Waals surface area (Å²) in [5, 5.41) is 3.21. The van der Waals surface area contributed by atoms with Crippen LogP contribution in [0.2, 0.25) is 0 Å². The van der Waals surface area contributed by atoms with Gasteiger partial charge in [0.2, 0.25) is 0 Å². The van der Waals surface area contributed by atoms with Gasteiger partial charge in [-0.25, -0.2) is 8.42 Å². The zero-order valence-corrected chi connectivity index (χ0v) is 15.8. The van der Waals surface area contributed by atoms with Gasteiger partial charge in [0, 0.05) is 29.1 Å². The number of benzene rings is 4. The number of sulfonamides is 1. The standard InChI is InChI=1S/C22H16N2O3S/c1-24-19-11-12-20(17-7-4-8-18(21(17)19)22(24)25)28(26,27)23-16-10-9-14-5-2-3-6-15(14)13-16/h2-13,23H,1H3. The first-order valence-electron chi connectivity index (χ1n) is 8.81. The summed E-state index contributed by atoms with van der Waals surface area (Å²) in [5.41, 5.74) is 1.74. The maximum absolute atomic E-state index is 13.1. The summed E-state index contributed by atoms with van der Waals surface area (Å²) in [6, 6.07) is 21.6. The second-order valence-electron chi connectivity index (χ2n) is 6.84. The molecule has 4 aromatic rings. The van der Waals surface area contributed by atoms with Crippen molar-refractivity contribution in [2.45, 2.75) is 4.90 Å². The molecule has 4 aromatic carbocycles. The van der Waals surface area contributed by atoms with Gasteiger partial charge < -0.3 is 4.90 Å². The fourth-order valence-corrected chi connectivity index (χ4v) is 5.06. The lowest BCUT2D eigenvalue weighted by Crippen LogP contribution is -2.20. The van der Waals surface area contributed by atoms with Crippen LogP contribution in [0.15, 0.2) is 77.7 Å². The van der Waals surface area contributed by atoms with Gasteiger partial charge in [0.05, 0.1) is 10.6 Å². The first kappa shape index (κ1) is 16.8. The molecule has 0 spiro atoms. The molecule has 1 aliphatic heterocycles. The number of nitrogens with zero attached hydrogens (tertiary/aromatic N) is 1. The molecule has 5 rings (SSSR count). The topological polar surface area (TPSA) is 66.5 Å². The lowest BCUT2D eigenvalue weighted by Gasteiger charge is -2.13. The maximum Gasteiger partial charge on any atom is 0.262 e. The minimum absolute atomic E-state index is 0.127. The highest BCUT2D eigenvalue weighted by molar-refractivity contribution is 7.93. The van der Waals surface area contributed by atoms with Crippen LogP contribution in [-0.4, -0.2) is 21.4 Å². The SMILES string of the molecule is CN1C(=O)c2cccc3c(S(=O)(=O)Nc4ccc5ccccc5c4)ccc1c23. The molecule has 28 heavy (non-hydrogen) atoms. The third-order valence-corrected chi connectivity index (χ3v) is 6.61. The summed E-state index contributed by atoms with van der Waals surface area (Å²) in [6.45, 7) is 0. The van der Waals surface area contributed by atoms with Gasteiger partial charge in [0.15, 0.2) is 0 Å². The van der Waals surface area contributed by atoms with E-state index in [4.69, 9.17) is 0 Å². The summed E-state index contributed by atoms with van der Waals surface area (Å²) in [4.78, 5) is 14.1. The van der Waals surface area contributed by atoms with Crippen LogP contribution in [0, 0.1) is 0 Å². The molecule has 0 aliphatic carbocycles. The van der Waals surface area contributed by atoms with E-state index in [1.54, 1.807) is 48.3 Å².